The molecule has 0 atom stereocenters. The van der Waals surface area contributed by atoms with E-state index in [1.807, 2.05) is 13.8 Å². The van der Waals surface area contributed by atoms with Crippen molar-refractivity contribution in [3.63, 3.8) is 0 Å². The summed E-state index contributed by atoms with van der Waals surface area (Å²) in [7, 11) is -6.41. The molecule has 0 aliphatic carbocycles. The first-order valence-corrected chi connectivity index (χ1v) is 15.1. The van der Waals surface area contributed by atoms with E-state index < -0.39 is 32.5 Å². The molecule has 4 rings (SSSR count). The molecule has 208 valence electrons. The lowest BCUT2D eigenvalue weighted by Gasteiger charge is -2.26. The van der Waals surface area contributed by atoms with E-state index >= 15 is 0 Å². The Bertz CT molecular complexity index is 1530. The quantitative estimate of drug-likeness (QED) is 0.417. The zero-order chi connectivity index (χ0) is 28.2. The van der Waals surface area contributed by atoms with Gasteiger partial charge in [-0.25, -0.2) is 16.8 Å². The number of nitrogens with one attached hydrogen (secondary N) is 1. The van der Waals surface area contributed by atoms with Crippen LogP contribution in [-0.2, 0) is 29.6 Å². The van der Waals surface area contributed by atoms with E-state index in [9.17, 15) is 21.6 Å². The topological polar surface area (TPSA) is 122 Å². The van der Waals surface area contributed by atoms with Crippen molar-refractivity contribution in [3.8, 4) is 5.75 Å². The lowest BCUT2D eigenvalue weighted by molar-refractivity contribution is -0.114. The summed E-state index contributed by atoms with van der Waals surface area (Å²) in [6.45, 7) is 4.34. The Hall–Kier alpha value is -3.45. The van der Waals surface area contributed by atoms with Gasteiger partial charge in [-0.3, -0.25) is 9.10 Å². The number of methoxy groups -OCH3 is 1. The second-order valence-corrected chi connectivity index (χ2v) is 12.9. The van der Waals surface area contributed by atoms with Crippen LogP contribution >= 0.6 is 0 Å². The van der Waals surface area contributed by atoms with Crippen LogP contribution < -0.4 is 14.4 Å². The number of nitrogens with zero attached hydrogens (tertiary/aromatic N) is 2. The molecule has 1 fully saturated rings. The van der Waals surface area contributed by atoms with Crippen LogP contribution in [0.4, 0.5) is 11.4 Å². The standard InChI is InChI=1S/C27H31N3O7S2/c1-20-4-9-24(10-5-20)39(34,35)30(25-18-21(2)6-13-26(25)36-3)19-27(31)28-22-7-11-23(12-8-22)38(32,33)29-14-16-37-17-15-29/h4-13,18H,14-17,19H2,1-3H3,(H,28,31). The van der Waals surface area contributed by atoms with Crippen molar-refractivity contribution in [1.29, 1.82) is 0 Å². The van der Waals surface area contributed by atoms with E-state index in [1.165, 1.54) is 47.8 Å². The molecule has 12 heteroatoms. The maximum atomic E-state index is 13.7. The zero-order valence-electron chi connectivity index (χ0n) is 22.0. The van der Waals surface area contributed by atoms with Crippen LogP contribution in [-0.4, -0.2) is 67.0 Å². The van der Waals surface area contributed by atoms with Gasteiger partial charge >= 0.3 is 0 Å². The zero-order valence-corrected chi connectivity index (χ0v) is 23.6. The van der Waals surface area contributed by atoms with Gasteiger partial charge in [0.25, 0.3) is 10.0 Å². The third-order valence-corrected chi connectivity index (χ3v) is 9.93. The lowest BCUT2D eigenvalue weighted by Crippen LogP contribution is -2.40. The summed E-state index contributed by atoms with van der Waals surface area (Å²) in [6.07, 6.45) is 0. The fraction of sp³-hybridized carbons (Fsp3) is 0.296. The van der Waals surface area contributed by atoms with Gasteiger partial charge in [0, 0.05) is 18.8 Å². The normalized spacial score (nSPS) is 14.5. The highest BCUT2D eigenvalue weighted by molar-refractivity contribution is 7.93. The number of hydrogen-bond donors (Lipinski definition) is 1. The Morgan fingerprint density at radius 3 is 2.10 bits per heavy atom. The number of hydrogen-bond acceptors (Lipinski definition) is 7. The summed E-state index contributed by atoms with van der Waals surface area (Å²) in [6, 6.07) is 17.2. The molecule has 0 radical (unpaired) electrons. The second kappa shape index (κ2) is 11.7. The van der Waals surface area contributed by atoms with E-state index in [2.05, 4.69) is 5.32 Å². The van der Waals surface area contributed by atoms with Gasteiger partial charge < -0.3 is 14.8 Å². The fourth-order valence-corrected chi connectivity index (χ4v) is 6.94. The van der Waals surface area contributed by atoms with Crippen molar-refractivity contribution >= 4 is 37.3 Å². The van der Waals surface area contributed by atoms with E-state index in [1.54, 1.807) is 30.3 Å². The predicted molar refractivity (Wildman–Crippen MR) is 148 cm³/mol. The predicted octanol–water partition coefficient (Wildman–Crippen LogP) is 3.17. The number of benzene rings is 3. The molecular formula is C27H31N3O7S2. The molecule has 0 aromatic heterocycles. The van der Waals surface area contributed by atoms with Crippen LogP contribution in [0, 0.1) is 13.8 Å². The van der Waals surface area contributed by atoms with Crippen molar-refractivity contribution in [2.75, 3.05) is 49.6 Å². The summed E-state index contributed by atoms with van der Waals surface area (Å²) in [4.78, 5) is 13.3. The van der Waals surface area contributed by atoms with Crippen molar-refractivity contribution in [3.05, 3.63) is 77.9 Å². The van der Waals surface area contributed by atoms with Gasteiger partial charge in [0.05, 0.1) is 35.8 Å². The van der Waals surface area contributed by atoms with Gasteiger partial charge in [-0.15, -0.1) is 0 Å². The van der Waals surface area contributed by atoms with Gasteiger partial charge in [-0.05, 0) is 67.9 Å². The Morgan fingerprint density at radius 1 is 0.897 bits per heavy atom. The highest BCUT2D eigenvalue weighted by Gasteiger charge is 2.30. The molecule has 1 heterocycles. The Kier molecular flexibility index (Phi) is 8.60. The Morgan fingerprint density at radius 2 is 1.49 bits per heavy atom. The average molecular weight is 574 g/mol. The highest BCUT2D eigenvalue weighted by atomic mass is 32.2. The lowest BCUT2D eigenvalue weighted by atomic mass is 10.2. The average Bonchev–Trinajstić information content (AvgIpc) is 2.92. The molecule has 39 heavy (non-hydrogen) atoms. The molecule has 1 aliphatic heterocycles. The summed E-state index contributed by atoms with van der Waals surface area (Å²) < 4.78 is 66.2. The molecule has 1 saturated heterocycles. The first-order valence-electron chi connectivity index (χ1n) is 12.2. The largest absolute Gasteiger partial charge is 0.495 e. The van der Waals surface area contributed by atoms with Gasteiger partial charge in [-0.1, -0.05) is 23.8 Å². The molecule has 0 saturated carbocycles. The molecule has 0 unspecified atom stereocenters. The monoisotopic (exact) mass is 573 g/mol. The fourth-order valence-electron chi connectivity index (χ4n) is 4.11. The molecule has 10 nitrogen and oxygen atoms in total. The van der Waals surface area contributed by atoms with Crippen molar-refractivity contribution in [2.24, 2.45) is 0 Å². The molecule has 3 aromatic rings. The number of sulfonamides is 2. The van der Waals surface area contributed by atoms with Crippen LogP contribution in [0.2, 0.25) is 0 Å². The number of morpholine rings is 1. The van der Waals surface area contributed by atoms with Crippen LogP contribution in [0.15, 0.2) is 76.5 Å². The molecule has 1 amide bonds. The van der Waals surface area contributed by atoms with Crippen molar-refractivity contribution < 1.29 is 31.1 Å². The van der Waals surface area contributed by atoms with Gasteiger partial charge in [0.15, 0.2) is 0 Å². The van der Waals surface area contributed by atoms with Gasteiger partial charge in [0.2, 0.25) is 15.9 Å². The van der Waals surface area contributed by atoms with E-state index in [-0.39, 0.29) is 28.6 Å². The molecule has 1 aliphatic rings. The molecule has 0 spiro atoms. The van der Waals surface area contributed by atoms with Crippen LogP contribution in [0.3, 0.4) is 0 Å². The van der Waals surface area contributed by atoms with E-state index in [4.69, 9.17) is 9.47 Å². The number of carbonyl (C=O) groups excluding carboxylic acids is 1. The molecular weight excluding hydrogens is 542 g/mol. The third-order valence-electron chi connectivity index (χ3n) is 6.25. The maximum absolute atomic E-state index is 13.7. The Labute approximate surface area is 229 Å². The molecule has 0 bridgehead atoms. The summed E-state index contributed by atoms with van der Waals surface area (Å²) >= 11 is 0. The number of amides is 1. The second-order valence-electron chi connectivity index (χ2n) is 9.09. The van der Waals surface area contributed by atoms with E-state index in [0.29, 0.717) is 24.7 Å². The summed E-state index contributed by atoms with van der Waals surface area (Å²) in [5.41, 5.74) is 2.22. The molecule has 1 N–H and O–H groups in total. The maximum Gasteiger partial charge on any atom is 0.264 e. The number of carbonyl (C=O) groups is 1. The highest BCUT2D eigenvalue weighted by Crippen LogP contribution is 2.33. The van der Waals surface area contributed by atoms with Crippen LogP contribution in [0.5, 0.6) is 5.75 Å². The van der Waals surface area contributed by atoms with Crippen LogP contribution in [0.25, 0.3) is 0 Å². The Balaban J connectivity index is 1.59. The minimum absolute atomic E-state index is 0.0298. The van der Waals surface area contributed by atoms with Gasteiger partial charge in [0.1, 0.15) is 12.3 Å². The van der Waals surface area contributed by atoms with E-state index in [0.717, 1.165) is 15.4 Å². The number of anilines is 2. The summed E-state index contributed by atoms with van der Waals surface area (Å²) in [5, 5.41) is 2.67. The minimum Gasteiger partial charge on any atom is -0.495 e. The minimum atomic E-state index is -4.15. The van der Waals surface area contributed by atoms with Crippen molar-refractivity contribution in [2.45, 2.75) is 23.6 Å². The molecule has 3 aromatic carbocycles. The smallest absolute Gasteiger partial charge is 0.264 e. The SMILES string of the molecule is COc1ccc(C)cc1N(CC(=O)Nc1ccc(S(=O)(=O)N2CCOCC2)cc1)S(=O)(=O)c1ccc(C)cc1. The number of aryl methyl sites for hydroxylation is 2. The first-order chi connectivity index (χ1) is 18.5. The van der Waals surface area contributed by atoms with Crippen molar-refractivity contribution in [1.82, 2.24) is 4.31 Å². The third kappa shape index (κ3) is 6.41. The summed E-state index contributed by atoms with van der Waals surface area (Å²) in [5.74, 6) is -0.320. The number of ether oxygens (including phenoxy) is 2. The van der Waals surface area contributed by atoms with Crippen LogP contribution in [0.1, 0.15) is 11.1 Å². The van der Waals surface area contributed by atoms with Gasteiger partial charge in [-0.2, -0.15) is 4.31 Å². The first kappa shape index (κ1) is 28.6. The number of rotatable bonds is 9.